The van der Waals surface area contributed by atoms with E-state index in [0.717, 1.165) is 0 Å². The molecule has 8 heteroatoms. The van der Waals surface area contributed by atoms with Gasteiger partial charge in [-0.2, -0.15) is 13.2 Å². The molecule has 0 aliphatic rings. The number of halogens is 5. The molecule has 0 saturated carbocycles. The second kappa shape index (κ2) is 7.80. The van der Waals surface area contributed by atoms with Crippen molar-refractivity contribution in [3.63, 3.8) is 0 Å². The van der Waals surface area contributed by atoms with Crippen LogP contribution >= 0.6 is 23.2 Å². The minimum absolute atomic E-state index is 0.0423. The highest BCUT2D eigenvalue weighted by molar-refractivity contribution is 6.35. The molecular formula is C17H11Cl2F3O3. The van der Waals surface area contributed by atoms with Crippen molar-refractivity contribution in [2.45, 2.75) is 12.8 Å². The van der Waals surface area contributed by atoms with Gasteiger partial charge in [-0.25, -0.2) is 0 Å². The van der Waals surface area contributed by atoms with E-state index in [0.29, 0.717) is 21.4 Å². The molecule has 0 bridgehead atoms. The molecule has 0 saturated heterocycles. The van der Waals surface area contributed by atoms with Crippen molar-refractivity contribution in [3.05, 3.63) is 69.7 Å². The number of aliphatic hydroxyl groups excluding tert-OH is 1. The Bertz CT molecular complexity index is 780. The van der Waals surface area contributed by atoms with Crippen molar-refractivity contribution >= 4 is 34.7 Å². The van der Waals surface area contributed by atoms with Crippen molar-refractivity contribution in [2.75, 3.05) is 0 Å². The summed E-state index contributed by atoms with van der Waals surface area (Å²) >= 11 is 12.0. The van der Waals surface area contributed by atoms with Gasteiger partial charge in [-0.05, 0) is 36.4 Å². The van der Waals surface area contributed by atoms with Crippen molar-refractivity contribution in [2.24, 2.45) is 0 Å². The first-order valence-electron chi connectivity index (χ1n) is 6.86. The molecule has 0 aliphatic heterocycles. The predicted molar refractivity (Wildman–Crippen MR) is 88.9 cm³/mol. The Labute approximate surface area is 151 Å². The molecule has 0 radical (unpaired) electrons. The second-order valence-corrected chi connectivity index (χ2v) is 5.72. The minimum Gasteiger partial charge on any atom is -0.507 e. The zero-order valence-corrected chi connectivity index (χ0v) is 14.0. The molecule has 0 heterocycles. The summed E-state index contributed by atoms with van der Waals surface area (Å²) < 4.78 is 42.0. The first-order chi connectivity index (χ1) is 11.7. The Balaban J connectivity index is 2.07. The highest BCUT2D eigenvalue weighted by atomic mass is 35.5. The molecule has 0 atom stereocenters. The number of rotatable bonds is 5. The maximum absolute atomic E-state index is 12.2. The normalized spacial score (nSPS) is 12.1. The fraction of sp³-hybridized carbons (Fsp3) is 0.118. The van der Waals surface area contributed by atoms with E-state index in [2.05, 4.69) is 0 Å². The summed E-state index contributed by atoms with van der Waals surface area (Å²) in [6, 6.07) is 10.5. The van der Waals surface area contributed by atoms with Crippen LogP contribution in [0.25, 0.3) is 5.76 Å². The van der Waals surface area contributed by atoms with Gasteiger partial charge in [0.2, 0.25) is 0 Å². The van der Waals surface area contributed by atoms with Gasteiger partial charge < -0.3 is 9.84 Å². The molecule has 2 aromatic carbocycles. The summed E-state index contributed by atoms with van der Waals surface area (Å²) in [7, 11) is 0. The molecule has 132 valence electrons. The summed E-state index contributed by atoms with van der Waals surface area (Å²) in [5.74, 6) is -2.55. The van der Waals surface area contributed by atoms with Gasteiger partial charge in [0.05, 0.1) is 0 Å². The molecule has 3 nitrogen and oxygen atoms in total. The molecule has 0 amide bonds. The van der Waals surface area contributed by atoms with E-state index in [4.69, 9.17) is 27.9 Å². The van der Waals surface area contributed by atoms with Crippen LogP contribution in [0.2, 0.25) is 10.0 Å². The molecule has 0 unspecified atom stereocenters. The predicted octanol–water partition coefficient (Wildman–Crippen LogP) is 5.60. The zero-order valence-electron chi connectivity index (χ0n) is 12.5. The lowest BCUT2D eigenvalue weighted by atomic mass is 10.1. The lowest BCUT2D eigenvalue weighted by Crippen LogP contribution is -2.20. The van der Waals surface area contributed by atoms with Crippen LogP contribution in [0, 0.1) is 0 Å². The van der Waals surface area contributed by atoms with Gasteiger partial charge in [0.15, 0.2) is 0 Å². The summed E-state index contributed by atoms with van der Waals surface area (Å²) in [4.78, 5) is 10.8. The van der Waals surface area contributed by atoms with Gasteiger partial charge in [0, 0.05) is 27.2 Å². The van der Waals surface area contributed by atoms with Crippen molar-refractivity contribution in [3.8, 4) is 5.75 Å². The third-order valence-corrected chi connectivity index (χ3v) is 3.85. The molecule has 2 rings (SSSR count). The average Bonchev–Trinajstić information content (AvgIpc) is 2.54. The van der Waals surface area contributed by atoms with E-state index in [1.54, 1.807) is 18.2 Å². The molecule has 1 N–H and O–H groups in total. The van der Waals surface area contributed by atoms with E-state index in [9.17, 15) is 23.1 Å². The van der Waals surface area contributed by atoms with Crippen molar-refractivity contribution < 1.29 is 27.8 Å². The lowest BCUT2D eigenvalue weighted by molar-refractivity contribution is -0.165. The zero-order chi connectivity index (χ0) is 18.6. The highest BCUT2D eigenvalue weighted by Gasteiger charge is 2.37. The lowest BCUT2D eigenvalue weighted by Gasteiger charge is -2.10. The Kier molecular flexibility index (Phi) is 5.98. The van der Waals surface area contributed by atoms with Crippen LogP contribution in [0.3, 0.4) is 0 Å². The van der Waals surface area contributed by atoms with E-state index in [1.807, 2.05) is 0 Å². The number of ketones is 1. The topological polar surface area (TPSA) is 46.5 Å². The standard InChI is InChI=1S/C17H11Cl2F3O3/c18-13-2-1-3-14(19)12(13)9-25-11-6-4-10(5-7-11)15(23)8-16(24)17(20,21)22/h1-8,23H,9H2/b15-8-. The van der Waals surface area contributed by atoms with Gasteiger partial charge in [0.25, 0.3) is 5.78 Å². The van der Waals surface area contributed by atoms with Crippen LogP contribution in [0.15, 0.2) is 48.5 Å². The molecular weight excluding hydrogens is 380 g/mol. The van der Waals surface area contributed by atoms with E-state index < -0.39 is 17.7 Å². The average molecular weight is 391 g/mol. The number of alkyl halides is 3. The summed E-state index contributed by atoms with van der Waals surface area (Å²) in [6.45, 7) is 0.0895. The number of allylic oxidation sites excluding steroid dienone is 1. The SMILES string of the molecule is O=C(/C=C(\O)c1ccc(OCc2c(Cl)cccc2Cl)cc1)C(F)(F)F. The number of ether oxygens (including phenoxy) is 1. The fourth-order valence-electron chi connectivity index (χ4n) is 1.84. The third-order valence-electron chi connectivity index (χ3n) is 3.14. The second-order valence-electron chi connectivity index (χ2n) is 4.90. The van der Waals surface area contributed by atoms with Gasteiger partial charge in [-0.1, -0.05) is 29.3 Å². The first-order valence-corrected chi connectivity index (χ1v) is 7.62. The Hall–Kier alpha value is -2.18. The number of benzene rings is 2. The fourth-order valence-corrected chi connectivity index (χ4v) is 2.34. The van der Waals surface area contributed by atoms with Crippen LogP contribution in [-0.2, 0) is 11.4 Å². The van der Waals surface area contributed by atoms with Gasteiger partial charge >= 0.3 is 6.18 Å². The third kappa shape index (κ3) is 5.14. The smallest absolute Gasteiger partial charge is 0.454 e. The quantitative estimate of drug-likeness (QED) is 0.533. The Morgan fingerprint density at radius 1 is 1.08 bits per heavy atom. The number of carbonyl (C=O) groups is 1. The molecule has 0 aliphatic carbocycles. The van der Waals surface area contributed by atoms with Crippen molar-refractivity contribution in [1.82, 2.24) is 0 Å². The van der Waals surface area contributed by atoms with Crippen LogP contribution in [-0.4, -0.2) is 17.1 Å². The van der Waals surface area contributed by atoms with Crippen molar-refractivity contribution in [1.29, 1.82) is 0 Å². The number of aliphatic hydroxyl groups is 1. The summed E-state index contributed by atoms with van der Waals surface area (Å²) in [6.07, 6.45) is -4.91. The summed E-state index contributed by atoms with van der Waals surface area (Å²) in [5, 5.41) is 10.5. The van der Waals surface area contributed by atoms with Crippen LogP contribution in [0.1, 0.15) is 11.1 Å². The molecule has 0 spiro atoms. The highest BCUT2D eigenvalue weighted by Crippen LogP contribution is 2.26. The molecule has 2 aromatic rings. The van der Waals surface area contributed by atoms with Gasteiger partial charge in [-0.15, -0.1) is 0 Å². The van der Waals surface area contributed by atoms with Gasteiger partial charge in [0.1, 0.15) is 18.1 Å². The number of carbonyl (C=O) groups excluding carboxylic acids is 1. The van der Waals surface area contributed by atoms with Crippen LogP contribution < -0.4 is 4.74 Å². The van der Waals surface area contributed by atoms with E-state index in [-0.39, 0.29) is 18.2 Å². The van der Waals surface area contributed by atoms with Crippen LogP contribution in [0.4, 0.5) is 13.2 Å². The monoisotopic (exact) mass is 390 g/mol. The molecule has 0 aromatic heterocycles. The largest absolute Gasteiger partial charge is 0.507 e. The Morgan fingerprint density at radius 3 is 2.16 bits per heavy atom. The van der Waals surface area contributed by atoms with E-state index in [1.165, 1.54) is 24.3 Å². The van der Waals surface area contributed by atoms with Gasteiger partial charge in [-0.3, -0.25) is 4.79 Å². The van der Waals surface area contributed by atoms with Crippen LogP contribution in [0.5, 0.6) is 5.75 Å². The number of hydrogen-bond donors (Lipinski definition) is 1. The number of hydrogen-bond acceptors (Lipinski definition) is 3. The maximum Gasteiger partial charge on any atom is 0.454 e. The minimum atomic E-state index is -5.04. The Morgan fingerprint density at radius 2 is 1.64 bits per heavy atom. The van der Waals surface area contributed by atoms with E-state index >= 15 is 0 Å². The molecule has 25 heavy (non-hydrogen) atoms. The maximum atomic E-state index is 12.2. The molecule has 0 fully saturated rings. The first kappa shape index (κ1) is 19.1. The summed E-state index contributed by atoms with van der Waals surface area (Å²) in [5.41, 5.74) is 0.633.